The second-order valence-electron chi connectivity index (χ2n) is 4.97. The SMILES string of the molecule is N#Cc1c(Oc2cc(F)cc(Cl)c2)ccc2c1[C@H](O)CS2(=O)=O. The van der Waals surface area contributed by atoms with E-state index >= 15 is 0 Å². The molecule has 1 aliphatic heterocycles. The van der Waals surface area contributed by atoms with Crippen LogP contribution >= 0.6 is 11.6 Å². The minimum Gasteiger partial charge on any atom is -0.456 e. The number of halogens is 2. The van der Waals surface area contributed by atoms with E-state index in [1.807, 2.05) is 6.07 Å². The summed E-state index contributed by atoms with van der Waals surface area (Å²) in [5.74, 6) is -1.02. The molecular formula is C15H9ClFNO4S. The highest BCUT2D eigenvalue weighted by molar-refractivity contribution is 7.91. The maximum atomic E-state index is 13.3. The second kappa shape index (κ2) is 5.49. The van der Waals surface area contributed by atoms with E-state index in [0.29, 0.717) is 0 Å². The van der Waals surface area contributed by atoms with Gasteiger partial charge in [-0.15, -0.1) is 0 Å². The average Bonchev–Trinajstić information content (AvgIpc) is 2.67. The highest BCUT2D eigenvalue weighted by Gasteiger charge is 2.37. The number of nitriles is 1. The molecule has 0 saturated heterocycles. The lowest BCUT2D eigenvalue weighted by Crippen LogP contribution is -2.02. The molecule has 0 bridgehead atoms. The van der Waals surface area contributed by atoms with Gasteiger partial charge >= 0.3 is 0 Å². The summed E-state index contributed by atoms with van der Waals surface area (Å²) < 4.78 is 42.6. The largest absolute Gasteiger partial charge is 0.456 e. The molecule has 0 aromatic heterocycles. The first kappa shape index (κ1) is 15.7. The van der Waals surface area contributed by atoms with Crippen LogP contribution in [0, 0.1) is 17.1 Å². The lowest BCUT2D eigenvalue weighted by molar-refractivity contribution is 0.203. The van der Waals surface area contributed by atoms with Gasteiger partial charge < -0.3 is 9.84 Å². The predicted octanol–water partition coefficient (Wildman–Crippen LogP) is 2.96. The number of aliphatic hydroxyl groups excluding tert-OH is 1. The summed E-state index contributed by atoms with van der Waals surface area (Å²) in [6, 6.07) is 7.92. The molecule has 8 heteroatoms. The number of ether oxygens (including phenoxy) is 1. The molecule has 3 rings (SSSR count). The lowest BCUT2D eigenvalue weighted by Gasteiger charge is -2.12. The molecule has 0 radical (unpaired) electrons. The third kappa shape index (κ3) is 2.77. The summed E-state index contributed by atoms with van der Waals surface area (Å²) in [7, 11) is -3.63. The van der Waals surface area contributed by atoms with Gasteiger partial charge in [-0.2, -0.15) is 5.26 Å². The van der Waals surface area contributed by atoms with Gasteiger partial charge in [-0.1, -0.05) is 11.6 Å². The van der Waals surface area contributed by atoms with Gasteiger partial charge in [0, 0.05) is 16.7 Å². The fourth-order valence-electron chi connectivity index (χ4n) is 2.48. The van der Waals surface area contributed by atoms with E-state index in [1.165, 1.54) is 18.2 Å². The van der Waals surface area contributed by atoms with Crippen molar-refractivity contribution in [3.05, 3.63) is 52.3 Å². The Hall–Kier alpha value is -2.14. The van der Waals surface area contributed by atoms with Gasteiger partial charge in [0.1, 0.15) is 28.9 Å². The molecule has 2 aromatic rings. The third-order valence-corrected chi connectivity index (χ3v) is 5.39. The van der Waals surface area contributed by atoms with Crippen LogP contribution in [0.2, 0.25) is 5.02 Å². The molecule has 0 spiro atoms. The van der Waals surface area contributed by atoms with Crippen molar-refractivity contribution < 1.29 is 22.7 Å². The zero-order chi connectivity index (χ0) is 16.8. The van der Waals surface area contributed by atoms with E-state index in [9.17, 15) is 23.2 Å². The van der Waals surface area contributed by atoms with Crippen LogP contribution in [-0.2, 0) is 9.84 Å². The maximum Gasteiger partial charge on any atom is 0.181 e. The number of hydrogen-bond acceptors (Lipinski definition) is 5. The molecule has 0 fully saturated rings. The minimum atomic E-state index is -3.63. The smallest absolute Gasteiger partial charge is 0.181 e. The van der Waals surface area contributed by atoms with Crippen molar-refractivity contribution in [2.75, 3.05) is 5.75 Å². The van der Waals surface area contributed by atoms with Crippen LogP contribution in [0.3, 0.4) is 0 Å². The Morgan fingerprint density at radius 2 is 2.09 bits per heavy atom. The highest BCUT2D eigenvalue weighted by Crippen LogP contribution is 2.40. The number of aliphatic hydroxyl groups is 1. The van der Waals surface area contributed by atoms with E-state index in [-0.39, 0.29) is 32.5 Å². The molecule has 5 nitrogen and oxygen atoms in total. The molecule has 23 heavy (non-hydrogen) atoms. The quantitative estimate of drug-likeness (QED) is 0.896. The molecule has 0 amide bonds. The Bertz CT molecular complexity index is 932. The Morgan fingerprint density at radius 1 is 1.35 bits per heavy atom. The van der Waals surface area contributed by atoms with Crippen molar-refractivity contribution in [2.45, 2.75) is 11.0 Å². The molecule has 0 unspecified atom stereocenters. The maximum absolute atomic E-state index is 13.3. The molecule has 0 saturated carbocycles. The molecule has 1 N–H and O–H groups in total. The van der Waals surface area contributed by atoms with Crippen LogP contribution in [0.1, 0.15) is 17.2 Å². The summed E-state index contributed by atoms with van der Waals surface area (Å²) in [5, 5.41) is 19.4. The van der Waals surface area contributed by atoms with Crippen molar-refractivity contribution in [3.8, 4) is 17.6 Å². The van der Waals surface area contributed by atoms with Gasteiger partial charge in [0.25, 0.3) is 0 Å². The van der Waals surface area contributed by atoms with Gasteiger partial charge in [0.05, 0.1) is 16.8 Å². The molecule has 118 valence electrons. The molecule has 1 heterocycles. The van der Waals surface area contributed by atoms with Crippen LogP contribution in [0.4, 0.5) is 4.39 Å². The Balaban J connectivity index is 2.12. The minimum absolute atomic E-state index is 0.00694. The monoisotopic (exact) mass is 353 g/mol. The van der Waals surface area contributed by atoms with Gasteiger partial charge in [-0.05, 0) is 24.3 Å². The average molecular weight is 354 g/mol. The van der Waals surface area contributed by atoms with Gasteiger partial charge in [0.15, 0.2) is 9.84 Å². The predicted molar refractivity (Wildman–Crippen MR) is 79.7 cm³/mol. The summed E-state index contributed by atoms with van der Waals surface area (Å²) in [6.45, 7) is 0. The van der Waals surface area contributed by atoms with E-state index in [0.717, 1.165) is 12.1 Å². The number of sulfone groups is 1. The number of nitrogens with zero attached hydrogens (tertiary/aromatic N) is 1. The van der Waals surface area contributed by atoms with Gasteiger partial charge in [-0.3, -0.25) is 0 Å². The number of hydrogen-bond donors (Lipinski definition) is 1. The second-order valence-corrected chi connectivity index (χ2v) is 7.41. The third-order valence-electron chi connectivity index (χ3n) is 3.39. The van der Waals surface area contributed by atoms with Crippen molar-refractivity contribution >= 4 is 21.4 Å². The summed E-state index contributed by atoms with van der Waals surface area (Å²) >= 11 is 5.74. The van der Waals surface area contributed by atoms with Crippen LogP contribution in [0.5, 0.6) is 11.5 Å². The summed E-state index contributed by atoms with van der Waals surface area (Å²) in [4.78, 5) is -0.0915. The summed E-state index contributed by atoms with van der Waals surface area (Å²) in [5.41, 5.74) is -0.0936. The van der Waals surface area contributed by atoms with Crippen molar-refractivity contribution in [1.82, 2.24) is 0 Å². The summed E-state index contributed by atoms with van der Waals surface area (Å²) in [6.07, 6.45) is -1.30. The van der Waals surface area contributed by atoms with E-state index in [2.05, 4.69) is 0 Å². The Morgan fingerprint density at radius 3 is 2.74 bits per heavy atom. The van der Waals surface area contributed by atoms with Crippen molar-refractivity contribution in [2.24, 2.45) is 0 Å². The standard InChI is InChI=1S/C15H9ClFNO4S/c16-8-3-9(17)5-10(4-8)22-13-1-2-14-15(11(13)6-18)12(19)7-23(14,20)21/h1-5,12,19H,7H2/t12-/m1/s1. The van der Waals surface area contributed by atoms with E-state index in [4.69, 9.17) is 16.3 Å². The molecular weight excluding hydrogens is 345 g/mol. The molecule has 2 aromatic carbocycles. The number of rotatable bonds is 2. The zero-order valence-electron chi connectivity index (χ0n) is 11.5. The first-order valence-corrected chi connectivity index (χ1v) is 8.46. The van der Waals surface area contributed by atoms with Crippen molar-refractivity contribution in [3.63, 3.8) is 0 Å². The topological polar surface area (TPSA) is 87.4 Å². The first-order chi connectivity index (χ1) is 10.8. The highest BCUT2D eigenvalue weighted by atomic mass is 35.5. The van der Waals surface area contributed by atoms with Gasteiger partial charge in [-0.25, -0.2) is 12.8 Å². The molecule has 0 aliphatic carbocycles. The van der Waals surface area contributed by atoms with Crippen LogP contribution in [0.25, 0.3) is 0 Å². The molecule has 1 atom stereocenters. The van der Waals surface area contributed by atoms with Crippen molar-refractivity contribution in [1.29, 1.82) is 5.26 Å². The van der Waals surface area contributed by atoms with Crippen LogP contribution in [-0.4, -0.2) is 19.3 Å². The number of benzene rings is 2. The van der Waals surface area contributed by atoms with Crippen LogP contribution in [0.15, 0.2) is 35.2 Å². The zero-order valence-corrected chi connectivity index (χ0v) is 13.0. The fourth-order valence-corrected chi connectivity index (χ4v) is 4.30. The number of fused-ring (bicyclic) bond motifs is 1. The molecule has 1 aliphatic rings. The Labute approximate surface area is 136 Å². The normalized spacial score (nSPS) is 18.3. The van der Waals surface area contributed by atoms with Gasteiger partial charge in [0.2, 0.25) is 0 Å². The van der Waals surface area contributed by atoms with E-state index in [1.54, 1.807) is 0 Å². The fraction of sp³-hybridized carbons (Fsp3) is 0.133. The van der Waals surface area contributed by atoms with Crippen LogP contribution < -0.4 is 4.74 Å². The Kier molecular flexibility index (Phi) is 3.76. The first-order valence-electron chi connectivity index (χ1n) is 6.43. The lowest BCUT2D eigenvalue weighted by atomic mass is 10.0. The van der Waals surface area contributed by atoms with E-state index < -0.39 is 27.5 Å².